The Morgan fingerprint density at radius 1 is 1.09 bits per heavy atom. The van der Waals surface area contributed by atoms with Gasteiger partial charge in [-0.15, -0.1) is 0 Å². The van der Waals surface area contributed by atoms with E-state index in [4.69, 9.17) is 23.7 Å². The van der Waals surface area contributed by atoms with E-state index in [9.17, 15) is 9.90 Å². The van der Waals surface area contributed by atoms with Crippen molar-refractivity contribution in [3.05, 3.63) is 23.3 Å². The van der Waals surface area contributed by atoms with Gasteiger partial charge in [0.2, 0.25) is 0 Å². The van der Waals surface area contributed by atoms with Crippen LogP contribution < -0.4 is 9.47 Å². The molecular weight excluding hydrogens is 448 g/mol. The molecule has 1 aromatic rings. The molecule has 0 radical (unpaired) electrons. The standard InChI is InChI=1S/C28H44O7/c1-5-6-9-12-28(2,3)20-17-23(34-25(30)19-33-16-15-32-14-13-31-4)26-21-10-7-8-11-22(29)27(21)35-24(26)18-20/h17-18,21-22,27,29H,5-16,19H2,1-4H3. The number of unbranched alkanes of at least 4 members (excludes halogenated alkanes) is 2. The fraction of sp³-hybridized carbons (Fsp3) is 0.750. The Hall–Kier alpha value is -1.67. The summed E-state index contributed by atoms with van der Waals surface area (Å²) in [7, 11) is 1.62. The van der Waals surface area contributed by atoms with Crippen molar-refractivity contribution in [2.45, 2.75) is 95.7 Å². The Bertz CT molecular complexity index is 807. The van der Waals surface area contributed by atoms with Crippen LogP contribution in [-0.2, 0) is 24.4 Å². The number of ether oxygens (including phenoxy) is 5. The van der Waals surface area contributed by atoms with Crippen molar-refractivity contribution in [1.82, 2.24) is 0 Å². The number of hydrogen-bond donors (Lipinski definition) is 1. The highest BCUT2D eigenvalue weighted by Gasteiger charge is 2.43. The normalized spacial score (nSPS) is 21.7. The van der Waals surface area contributed by atoms with Gasteiger partial charge in [0.15, 0.2) is 0 Å². The predicted octanol–water partition coefficient (Wildman–Crippen LogP) is 4.91. The van der Waals surface area contributed by atoms with Gasteiger partial charge in [0.25, 0.3) is 0 Å². The minimum absolute atomic E-state index is 0.0256. The second kappa shape index (κ2) is 13.6. The van der Waals surface area contributed by atoms with Gasteiger partial charge in [-0.25, -0.2) is 4.79 Å². The van der Waals surface area contributed by atoms with Crippen molar-refractivity contribution >= 4 is 5.97 Å². The number of aliphatic hydroxyl groups is 1. The van der Waals surface area contributed by atoms with Crippen LogP contribution in [0.3, 0.4) is 0 Å². The number of rotatable bonds is 14. The van der Waals surface area contributed by atoms with Crippen molar-refractivity contribution in [1.29, 1.82) is 0 Å². The number of fused-ring (bicyclic) bond motifs is 3. The van der Waals surface area contributed by atoms with Gasteiger partial charge in [-0.05, 0) is 42.4 Å². The topological polar surface area (TPSA) is 83.5 Å². The van der Waals surface area contributed by atoms with E-state index in [1.54, 1.807) is 7.11 Å². The van der Waals surface area contributed by atoms with Crippen LogP contribution in [0.4, 0.5) is 0 Å². The lowest BCUT2D eigenvalue weighted by molar-refractivity contribution is -0.140. The van der Waals surface area contributed by atoms with Crippen LogP contribution in [-0.4, -0.2) is 63.4 Å². The molecule has 2 aliphatic rings. The maximum Gasteiger partial charge on any atom is 0.337 e. The highest BCUT2D eigenvalue weighted by atomic mass is 16.6. The zero-order valence-corrected chi connectivity index (χ0v) is 22.0. The molecule has 0 bridgehead atoms. The average Bonchev–Trinajstić information content (AvgIpc) is 3.10. The molecule has 35 heavy (non-hydrogen) atoms. The van der Waals surface area contributed by atoms with Crippen molar-refractivity contribution in [2.24, 2.45) is 0 Å². The van der Waals surface area contributed by atoms with E-state index >= 15 is 0 Å². The smallest absolute Gasteiger partial charge is 0.337 e. The largest absolute Gasteiger partial charge is 0.487 e. The summed E-state index contributed by atoms with van der Waals surface area (Å²) in [6.07, 6.45) is 7.38. The Morgan fingerprint density at radius 2 is 1.83 bits per heavy atom. The number of methoxy groups -OCH3 is 1. The van der Waals surface area contributed by atoms with E-state index in [1.807, 2.05) is 6.07 Å². The van der Waals surface area contributed by atoms with E-state index in [1.165, 1.54) is 12.8 Å². The van der Waals surface area contributed by atoms with Crippen LogP contribution in [0.25, 0.3) is 0 Å². The summed E-state index contributed by atoms with van der Waals surface area (Å²) >= 11 is 0. The summed E-state index contributed by atoms with van der Waals surface area (Å²) in [5, 5.41) is 10.7. The predicted molar refractivity (Wildman–Crippen MR) is 134 cm³/mol. The van der Waals surface area contributed by atoms with Crippen LogP contribution in [0, 0.1) is 0 Å². The maximum atomic E-state index is 12.7. The zero-order chi connectivity index (χ0) is 25.3. The maximum absolute atomic E-state index is 12.7. The summed E-state index contributed by atoms with van der Waals surface area (Å²) in [5.41, 5.74) is 1.92. The first kappa shape index (κ1) is 27.9. The first-order valence-electron chi connectivity index (χ1n) is 13.3. The number of carbonyl (C=O) groups is 1. The Balaban J connectivity index is 1.75. The molecule has 3 unspecified atom stereocenters. The van der Waals surface area contributed by atoms with Gasteiger partial charge >= 0.3 is 5.97 Å². The molecule has 1 saturated carbocycles. The number of hydrogen-bond acceptors (Lipinski definition) is 7. The van der Waals surface area contributed by atoms with Crippen LogP contribution >= 0.6 is 0 Å². The zero-order valence-electron chi connectivity index (χ0n) is 22.0. The van der Waals surface area contributed by atoms with Crippen LogP contribution in [0.1, 0.15) is 89.2 Å². The van der Waals surface area contributed by atoms with E-state index < -0.39 is 12.1 Å². The van der Waals surface area contributed by atoms with Crippen molar-refractivity contribution in [3.8, 4) is 11.5 Å². The second-order valence-electron chi connectivity index (χ2n) is 10.4. The highest BCUT2D eigenvalue weighted by molar-refractivity contribution is 5.75. The van der Waals surface area contributed by atoms with Crippen molar-refractivity contribution in [3.63, 3.8) is 0 Å². The minimum Gasteiger partial charge on any atom is -0.487 e. The molecule has 1 heterocycles. The Morgan fingerprint density at radius 3 is 2.60 bits per heavy atom. The molecule has 1 N–H and O–H groups in total. The molecule has 1 aliphatic heterocycles. The molecule has 3 atom stereocenters. The first-order valence-corrected chi connectivity index (χ1v) is 13.3. The molecule has 3 rings (SSSR count). The van der Waals surface area contributed by atoms with Gasteiger partial charge < -0.3 is 28.8 Å². The lowest BCUT2D eigenvalue weighted by Gasteiger charge is -2.27. The van der Waals surface area contributed by atoms with Crippen LogP contribution in [0.15, 0.2) is 12.1 Å². The summed E-state index contributed by atoms with van der Waals surface area (Å²) < 4.78 is 28.0. The van der Waals surface area contributed by atoms with Crippen LogP contribution in [0.2, 0.25) is 0 Å². The molecule has 7 heteroatoms. The molecule has 1 fully saturated rings. The monoisotopic (exact) mass is 492 g/mol. The minimum atomic E-state index is -0.513. The molecule has 0 saturated heterocycles. The quantitative estimate of drug-likeness (QED) is 0.224. The lowest BCUT2D eigenvalue weighted by Crippen LogP contribution is -2.31. The molecular formula is C28H44O7. The van der Waals surface area contributed by atoms with E-state index in [2.05, 4.69) is 26.8 Å². The van der Waals surface area contributed by atoms with Crippen molar-refractivity contribution in [2.75, 3.05) is 40.1 Å². The summed E-state index contributed by atoms with van der Waals surface area (Å²) in [6.45, 7) is 8.23. The lowest BCUT2D eigenvalue weighted by atomic mass is 9.78. The van der Waals surface area contributed by atoms with E-state index in [-0.39, 0.29) is 24.0 Å². The fourth-order valence-electron chi connectivity index (χ4n) is 5.10. The molecule has 1 aromatic carbocycles. The van der Waals surface area contributed by atoms with E-state index in [0.717, 1.165) is 55.4 Å². The third-order valence-corrected chi connectivity index (χ3v) is 7.21. The third kappa shape index (κ3) is 7.66. The molecule has 1 aliphatic carbocycles. The van der Waals surface area contributed by atoms with Gasteiger partial charge in [0.1, 0.15) is 24.2 Å². The molecule has 0 spiro atoms. The van der Waals surface area contributed by atoms with E-state index in [0.29, 0.717) is 32.2 Å². The fourth-order valence-corrected chi connectivity index (χ4v) is 5.10. The molecule has 0 amide bonds. The number of carbonyl (C=O) groups excluding carboxylic acids is 1. The third-order valence-electron chi connectivity index (χ3n) is 7.21. The van der Waals surface area contributed by atoms with Gasteiger partial charge in [-0.2, -0.15) is 0 Å². The first-order chi connectivity index (χ1) is 16.9. The molecule has 0 aromatic heterocycles. The van der Waals surface area contributed by atoms with Gasteiger partial charge in [0, 0.05) is 18.6 Å². The van der Waals surface area contributed by atoms with Gasteiger partial charge in [-0.3, -0.25) is 0 Å². The number of aliphatic hydroxyl groups excluding tert-OH is 1. The summed E-state index contributed by atoms with van der Waals surface area (Å²) in [6, 6.07) is 4.12. The average molecular weight is 493 g/mol. The Labute approximate surface area is 210 Å². The number of esters is 1. The van der Waals surface area contributed by atoms with Gasteiger partial charge in [0.05, 0.1) is 32.5 Å². The Kier molecular flexibility index (Phi) is 10.8. The van der Waals surface area contributed by atoms with Crippen molar-refractivity contribution < 1.29 is 33.6 Å². The summed E-state index contributed by atoms with van der Waals surface area (Å²) in [4.78, 5) is 12.7. The van der Waals surface area contributed by atoms with Gasteiger partial charge in [-0.1, -0.05) is 52.9 Å². The second-order valence-corrected chi connectivity index (χ2v) is 10.4. The SMILES string of the molecule is CCCCCC(C)(C)c1cc(OC(=O)COCCOCCOC)c2c(c1)OC1C(O)CCCCC21. The molecule has 7 nitrogen and oxygen atoms in total. The summed E-state index contributed by atoms with van der Waals surface area (Å²) in [5.74, 6) is 0.880. The molecule has 198 valence electrons. The number of benzene rings is 1. The highest BCUT2D eigenvalue weighted by Crippen LogP contribution is 2.51. The van der Waals surface area contributed by atoms with Crippen LogP contribution in [0.5, 0.6) is 11.5 Å².